The molecule has 0 bridgehead atoms. The summed E-state index contributed by atoms with van der Waals surface area (Å²) in [6.07, 6.45) is 8.21. The van der Waals surface area contributed by atoms with Crippen LogP contribution >= 0.6 is 22.9 Å². The lowest BCUT2D eigenvalue weighted by Crippen LogP contribution is -2.57. The number of carbonyl (C=O) groups is 3. The third-order valence-corrected chi connectivity index (χ3v) is 11.3. The summed E-state index contributed by atoms with van der Waals surface area (Å²) in [6, 6.07) is 5.44. The van der Waals surface area contributed by atoms with E-state index < -0.39 is 6.04 Å². The molecule has 4 aliphatic rings. The van der Waals surface area contributed by atoms with Gasteiger partial charge in [0.2, 0.25) is 5.91 Å². The van der Waals surface area contributed by atoms with Gasteiger partial charge in [-0.2, -0.15) is 0 Å². The first kappa shape index (κ1) is 31.9. The molecule has 3 saturated heterocycles. The molecule has 1 aromatic carbocycles. The molecule has 45 heavy (non-hydrogen) atoms. The number of carbonyl (C=O) groups excluding carboxylic acids is 3. The van der Waals surface area contributed by atoms with Crippen LogP contribution in [0, 0.1) is 0 Å². The molecular weight excluding hydrogens is 610 g/mol. The van der Waals surface area contributed by atoms with Crippen molar-refractivity contribution in [3.8, 4) is 0 Å². The third kappa shape index (κ3) is 7.20. The molecule has 1 aromatic heterocycles. The number of hydrogen-bond acceptors (Lipinski definition) is 6. The van der Waals surface area contributed by atoms with Crippen LogP contribution in [0.25, 0.3) is 0 Å². The Bertz CT molecular complexity index is 1380. The molecule has 0 aliphatic carbocycles. The minimum Gasteiger partial charge on any atom is -0.397 e. The van der Waals surface area contributed by atoms with Crippen molar-refractivity contribution < 1.29 is 14.4 Å². The molecule has 0 saturated carbocycles. The van der Waals surface area contributed by atoms with Crippen molar-refractivity contribution in [2.24, 2.45) is 0 Å². The number of rotatable bonds is 7. The number of halogens is 1. The molecule has 12 heteroatoms. The van der Waals surface area contributed by atoms with Gasteiger partial charge in [-0.1, -0.05) is 31.0 Å². The molecular formula is C33H46ClN7O3S. The monoisotopic (exact) mass is 655 g/mol. The van der Waals surface area contributed by atoms with Gasteiger partial charge in [0.15, 0.2) is 0 Å². The van der Waals surface area contributed by atoms with E-state index >= 15 is 0 Å². The molecule has 0 unspecified atom stereocenters. The molecule has 5 amide bonds. The Balaban J connectivity index is 1.10. The number of aryl methyl sites for hydroxylation is 1. The van der Waals surface area contributed by atoms with Crippen LogP contribution in [-0.4, -0.2) is 95.0 Å². The lowest BCUT2D eigenvalue weighted by atomic mass is 9.97. The number of fused-ring (bicyclic) bond motifs is 1. The fourth-order valence-electron chi connectivity index (χ4n) is 7.45. The normalized spacial score (nSPS) is 20.9. The molecule has 1 atom stereocenters. The number of nitrogens with one attached hydrogen (secondary N) is 2. The van der Waals surface area contributed by atoms with Crippen LogP contribution in [0.1, 0.15) is 68.6 Å². The highest BCUT2D eigenvalue weighted by atomic mass is 35.5. The summed E-state index contributed by atoms with van der Waals surface area (Å²) in [7, 11) is 0. The first-order valence-corrected chi connectivity index (χ1v) is 17.9. The fourth-order valence-corrected chi connectivity index (χ4v) is 8.51. The second-order valence-electron chi connectivity index (χ2n) is 12.9. The summed E-state index contributed by atoms with van der Waals surface area (Å²) in [5, 5.41) is 9.51. The average Bonchev–Trinajstić information content (AvgIpc) is 3.53. The van der Waals surface area contributed by atoms with Gasteiger partial charge < -0.3 is 30.7 Å². The van der Waals surface area contributed by atoms with Crippen molar-refractivity contribution in [1.82, 2.24) is 24.9 Å². The van der Waals surface area contributed by atoms with Crippen LogP contribution in [0.5, 0.6) is 0 Å². The van der Waals surface area contributed by atoms with Gasteiger partial charge in [0, 0.05) is 50.2 Å². The number of hydrogen-bond donors (Lipinski definition) is 3. The zero-order valence-corrected chi connectivity index (χ0v) is 27.8. The summed E-state index contributed by atoms with van der Waals surface area (Å²) < 4.78 is 0. The quantitative estimate of drug-likeness (QED) is 0.357. The number of nitrogens with zero attached hydrogens (tertiary/aromatic N) is 4. The van der Waals surface area contributed by atoms with Crippen molar-refractivity contribution in [3.05, 3.63) is 45.3 Å². The minimum absolute atomic E-state index is 0.0436. The smallest absolute Gasteiger partial charge is 0.323 e. The van der Waals surface area contributed by atoms with Gasteiger partial charge in [0.1, 0.15) is 11.0 Å². The number of urea groups is 2. The predicted molar refractivity (Wildman–Crippen MR) is 180 cm³/mol. The summed E-state index contributed by atoms with van der Waals surface area (Å²) in [5.74, 6) is -0.0436. The zero-order chi connectivity index (χ0) is 31.5. The van der Waals surface area contributed by atoms with Crippen molar-refractivity contribution in [2.45, 2.75) is 89.4 Å². The maximum Gasteiger partial charge on any atom is 0.323 e. The van der Waals surface area contributed by atoms with Crippen molar-refractivity contribution in [2.75, 3.05) is 50.3 Å². The summed E-state index contributed by atoms with van der Waals surface area (Å²) in [6.45, 7) is 7.37. The van der Waals surface area contributed by atoms with Gasteiger partial charge >= 0.3 is 12.1 Å². The molecule has 3 fully saturated rings. The number of benzene rings is 1. The first-order valence-electron chi connectivity index (χ1n) is 16.6. The van der Waals surface area contributed by atoms with E-state index in [0.717, 1.165) is 54.0 Å². The van der Waals surface area contributed by atoms with E-state index in [4.69, 9.17) is 17.3 Å². The Labute approximate surface area is 275 Å². The number of piperidine rings is 3. The Hall–Kier alpha value is -3.02. The highest BCUT2D eigenvalue weighted by molar-refractivity contribution is 7.14. The summed E-state index contributed by atoms with van der Waals surface area (Å²) in [4.78, 5) is 48.7. The van der Waals surface area contributed by atoms with Gasteiger partial charge in [-0.05, 0) is 86.7 Å². The van der Waals surface area contributed by atoms with Crippen LogP contribution in [-0.2, 0) is 24.2 Å². The van der Waals surface area contributed by atoms with E-state index in [1.54, 1.807) is 16.2 Å². The maximum absolute atomic E-state index is 14.1. The largest absolute Gasteiger partial charge is 0.397 e. The van der Waals surface area contributed by atoms with E-state index in [-0.39, 0.29) is 24.0 Å². The van der Waals surface area contributed by atoms with Crippen molar-refractivity contribution >= 4 is 51.6 Å². The van der Waals surface area contributed by atoms with Gasteiger partial charge in [-0.15, -0.1) is 11.3 Å². The van der Waals surface area contributed by atoms with Crippen molar-refractivity contribution in [1.29, 1.82) is 0 Å². The van der Waals surface area contributed by atoms with Gasteiger partial charge in [-0.25, -0.2) is 9.59 Å². The van der Waals surface area contributed by atoms with E-state index in [2.05, 4.69) is 21.6 Å². The predicted octanol–water partition coefficient (Wildman–Crippen LogP) is 5.16. The fraction of sp³-hybridized carbons (Fsp3) is 0.606. The molecule has 6 rings (SSSR count). The molecule has 4 aliphatic heterocycles. The molecule has 5 heterocycles. The Kier molecular flexibility index (Phi) is 10.1. The number of likely N-dealkylation sites (tertiary alicyclic amines) is 3. The SMILES string of the molecule is CCc1cc(C[C@@H](NC(=O)N2CCC(N3Cc4ccsc4NC3=O)CC2)C(=O)N2CCC(N3CCCCC3)CC2)cc(Cl)c1N. The standard InChI is InChI=1S/C33H46ClN7O3S/c1-2-23-18-22(19-27(34)29(23)35)20-28(31(42)39-13-6-25(7-14-39)38-11-4-3-5-12-38)36-32(43)40-15-8-26(9-16-40)41-21-24-10-17-45-30(24)37-33(41)44/h10,17-19,25-26,28H,2-9,11-16,20-21,35H2,1H3,(H,36,43)(H,37,44)/t28-/m1/s1. The van der Waals surface area contributed by atoms with E-state index in [1.807, 2.05) is 34.2 Å². The molecule has 2 aromatic rings. The number of nitrogens with two attached hydrogens (primary N) is 1. The Morgan fingerprint density at radius 3 is 2.42 bits per heavy atom. The van der Waals surface area contributed by atoms with Crippen LogP contribution in [0.2, 0.25) is 5.02 Å². The second-order valence-corrected chi connectivity index (χ2v) is 14.2. The van der Waals surface area contributed by atoms with E-state index in [1.165, 1.54) is 19.3 Å². The van der Waals surface area contributed by atoms with Crippen LogP contribution in [0.3, 0.4) is 0 Å². The highest BCUT2D eigenvalue weighted by Crippen LogP contribution is 2.32. The van der Waals surface area contributed by atoms with Crippen LogP contribution in [0.15, 0.2) is 23.6 Å². The van der Waals surface area contributed by atoms with Crippen LogP contribution in [0.4, 0.5) is 20.3 Å². The van der Waals surface area contributed by atoms with E-state index in [0.29, 0.717) is 68.7 Å². The summed E-state index contributed by atoms with van der Waals surface area (Å²) >= 11 is 8.03. The molecule has 0 radical (unpaired) electrons. The number of nitrogen functional groups attached to an aromatic ring is 1. The topological polar surface area (TPSA) is 114 Å². The minimum atomic E-state index is -0.712. The average molecular weight is 656 g/mol. The van der Waals surface area contributed by atoms with E-state index in [9.17, 15) is 14.4 Å². The number of thiophene rings is 1. The van der Waals surface area contributed by atoms with Crippen LogP contribution < -0.4 is 16.4 Å². The zero-order valence-electron chi connectivity index (χ0n) is 26.2. The summed E-state index contributed by atoms with van der Waals surface area (Å²) in [5.41, 5.74) is 9.72. The Morgan fingerprint density at radius 2 is 1.71 bits per heavy atom. The lowest BCUT2D eigenvalue weighted by Gasteiger charge is -2.41. The molecule has 244 valence electrons. The molecule has 0 spiro atoms. The van der Waals surface area contributed by atoms with Gasteiger partial charge in [0.05, 0.1) is 17.3 Å². The molecule has 4 N–H and O–H groups in total. The second kappa shape index (κ2) is 14.2. The third-order valence-electron chi connectivity index (χ3n) is 10.1. The molecule has 10 nitrogen and oxygen atoms in total. The lowest BCUT2D eigenvalue weighted by molar-refractivity contribution is -0.134. The highest BCUT2D eigenvalue weighted by Gasteiger charge is 2.36. The number of anilines is 2. The Morgan fingerprint density at radius 1 is 1.02 bits per heavy atom. The maximum atomic E-state index is 14.1. The number of amides is 5. The van der Waals surface area contributed by atoms with Gasteiger partial charge in [-0.3, -0.25) is 10.1 Å². The van der Waals surface area contributed by atoms with Crippen molar-refractivity contribution in [3.63, 3.8) is 0 Å². The first-order chi connectivity index (χ1) is 21.8. The van der Waals surface area contributed by atoms with Gasteiger partial charge in [0.25, 0.3) is 0 Å².